The summed E-state index contributed by atoms with van der Waals surface area (Å²) in [7, 11) is 0. The Bertz CT molecular complexity index is 1310. The van der Waals surface area contributed by atoms with Gasteiger partial charge in [-0.05, 0) is 54.4 Å². The summed E-state index contributed by atoms with van der Waals surface area (Å²) in [6.45, 7) is 1.79. The van der Waals surface area contributed by atoms with E-state index in [1.54, 1.807) is 24.4 Å². The molecule has 4 rings (SSSR count). The summed E-state index contributed by atoms with van der Waals surface area (Å²) in [5, 5.41) is 3.15. The predicted molar refractivity (Wildman–Crippen MR) is 115 cm³/mol. The van der Waals surface area contributed by atoms with Crippen molar-refractivity contribution in [3.63, 3.8) is 0 Å². The Hall–Kier alpha value is -3.45. The minimum absolute atomic E-state index is 0.00991. The Labute approximate surface area is 176 Å². The monoisotopic (exact) mass is 424 g/mol. The number of carbonyl (C=O) groups excluding carboxylic acids is 1. The Kier molecular flexibility index (Phi) is 5.37. The molecule has 0 aliphatic heterocycles. The molecule has 2 aromatic heterocycles. The van der Waals surface area contributed by atoms with Gasteiger partial charge < -0.3 is 5.32 Å². The van der Waals surface area contributed by atoms with Gasteiger partial charge >= 0.3 is 0 Å². The van der Waals surface area contributed by atoms with E-state index in [4.69, 9.17) is 11.6 Å². The molecule has 8 heteroatoms. The van der Waals surface area contributed by atoms with Crippen LogP contribution in [-0.2, 0) is 17.8 Å². The van der Waals surface area contributed by atoms with Crippen LogP contribution in [0.15, 0.2) is 65.6 Å². The zero-order chi connectivity index (χ0) is 21.3. The van der Waals surface area contributed by atoms with Crippen molar-refractivity contribution in [1.82, 2.24) is 14.3 Å². The summed E-state index contributed by atoms with van der Waals surface area (Å²) in [5.41, 5.74) is 1.78. The van der Waals surface area contributed by atoms with Gasteiger partial charge in [0.15, 0.2) is 5.65 Å². The van der Waals surface area contributed by atoms with Crippen molar-refractivity contribution in [2.75, 3.05) is 5.32 Å². The minimum Gasteiger partial charge on any atom is -0.322 e. The molecule has 0 radical (unpaired) electrons. The first-order chi connectivity index (χ1) is 14.5. The van der Waals surface area contributed by atoms with Gasteiger partial charge in [-0.25, -0.2) is 14.1 Å². The maximum atomic E-state index is 14.1. The maximum Gasteiger partial charge on any atom is 0.280 e. The molecular weight excluding hydrogens is 407 g/mol. The third-order valence-corrected chi connectivity index (χ3v) is 4.99. The highest BCUT2D eigenvalue weighted by Gasteiger charge is 2.18. The number of halogens is 2. The van der Waals surface area contributed by atoms with Crippen LogP contribution in [-0.4, -0.2) is 20.3 Å². The lowest BCUT2D eigenvalue weighted by atomic mass is 10.1. The lowest BCUT2D eigenvalue weighted by molar-refractivity contribution is -0.117. The van der Waals surface area contributed by atoms with Crippen molar-refractivity contribution in [1.29, 1.82) is 0 Å². The summed E-state index contributed by atoms with van der Waals surface area (Å²) in [6.07, 6.45) is 2.36. The first-order valence-corrected chi connectivity index (χ1v) is 9.76. The Morgan fingerprint density at radius 2 is 2.00 bits per heavy atom. The fourth-order valence-electron chi connectivity index (χ4n) is 3.32. The van der Waals surface area contributed by atoms with E-state index >= 15 is 0 Å². The highest BCUT2D eigenvalue weighted by atomic mass is 35.5. The van der Waals surface area contributed by atoms with E-state index in [0.717, 1.165) is 18.1 Å². The molecule has 0 aliphatic rings. The fraction of sp³-hybridized carbons (Fsp3) is 0.136. The third kappa shape index (κ3) is 3.71. The summed E-state index contributed by atoms with van der Waals surface area (Å²) in [4.78, 5) is 30.1. The van der Waals surface area contributed by atoms with Gasteiger partial charge in [0.25, 0.3) is 5.56 Å². The van der Waals surface area contributed by atoms with Crippen LogP contribution in [0.4, 0.5) is 10.1 Å². The van der Waals surface area contributed by atoms with E-state index in [0.29, 0.717) is 16.7 Å². The standard InChI is InChI=1S/C22H18ClFN4O2/c1-2-14-5-3-6-16(11-14)28-22(30)17-7-4-10-25-21(17)27(28)13-20(29)26-19-9-8-15(23)12-18(19)24/h3-12H,2,13H2,1H3,(H,26,29). The number of anilines is 1. The van der Waals surface area contributed by atoms with Gasteiger partial charge in [0.2, 0.25) is 5.91 Å². The molecule has 0 saturated heterocycles. The van der Waals surface area contributed by atoms with Crippen LogP contribution in [0, 0.1) is 5.82 Å². The van der Waals surface area contributed by atoms with E-state index in [2.05, 4.69) is 10.3 Å². The molecule has 0 atom stereocenters. The SMILES string of the molecule is CCc1cccc(-n2c(=O)c3cccnc3n2CC(=O)Nc2ccc(Cl)cc2F)c1. The quantitative estimate of drug-likeness (QED) is 0.522. The Morgan fingerprint density at radius 3 is 2.77 bits per heavy atom. The van der Waals surface area contributed by atoms with Crippen LogP contribution in [0.3, 0.4) is 0 Å². The number of aromatic nitrogens is 3. The molecule has 4 aromatic rings. The second-order valence-corrected chi connectivity index (χ2v) is 7.18. The van der Waals surface area contributed by atoms with Crippen molar-refractivity contribution >= 4 is 34.2 Å². The topological polar surface area (TPSA) is 68.9 Å². The number of hydrogen-bond acceptors (Lipinski definition) is 3. The number of aryl methyl sites for hydroxylation is 1. The molecule has 2 heterocycles. The number of hydrogen-bond donors (Lipinski definition) is 1. The lowest BCUT2D eigenvalue weighted by Crippen LogP contribution is -2.27. The lowest BCUT2D eigenvalue weighted by Gasteiger charge is -2.13. The molecule has 0 saturated carbocycles. The number of nitrogens with zero attached hydrogens (tertiary/aromatic N) is 3. The van der Waals surface area contributed by atoms with Crippen LogP contribution < -0.4 is 10.9 Å². The maximum absolute atomic E-state index is 14.1. The number of amides is 1. The second-order valence-electron chi connectivity index (χ2n) is 6.74. The molecular formula is C22H18ClFN4O2. The summed E-state index contributed by atoms with van der Waals surface area (Å²) in [5.74, 6) is -1.14. The molecule has 0 fully saturated rings. The number of fused-ring (bicyclic) bond motifs is 1. The predicted octanol–water partition coefficient (Wildman–Crippen LogP) is 4.18. The molecule has 1 N–H and O–H groups in total. The second kappa shape index (κ2) is 8.12. The number of benzene rings is 2. The van der Waals surface area contributed by atoms with Gasteiger partial charge in [-0.3, -0.25) is 14.3 Å². The van der Waals surface area contributed by atoms with E-state index < -0.39 is 11.7 Å². The van der Waals surface area contributed by atoms with Crippen LogP contribution in [0.2, 0.25) is 5.02 Å². The number of carbonyl (C=O) groups is 1. The molecule has 1 amide bonds. The molecule has 2 aromatic carbocycles. The minimum atomic E-state index is -0.639. The van der Waals surface area contributed by atoms with Crippen molar-refractivity contribution < 1.29 is 9.18 Å². The molecule has 0 spiro atoms. The highest BCUT2D eigenvalue weighted by molar-refractivity contribution is 6.30. The Balaban J connectivity index is 1.77. The molecule has 0 bridgehead atoms. The van der Waals surface area contributed by atoms with E-state index in [-0.39, 0.29) is 22.8 Å². The average Bonchev–Trinajstić information content (AvgIpc) is 3.02. The smallest absolute Gasteiger partial charge is 0.280 e. The van der Waals surface area contributed by atoms with Crippen molar-refractivity contribution in [3.05, 3.63) is 87.6 Å². The zero-order valence-corrected chi connectivity index (χ0v) is 16.9. The first-order valence-electron chi connectivity index (χ1n) is 9.38. The van der Waals surface area contributed by atoms with Gasteiger partial charge in [-0.15, -0.1) is 0 Å². The van der Waals surface area contributed by atoms with E-state index in [9.17, 15) is 14.0 Å². The normalized spacial score (nSPS) is 11.0. The van der Waals surface area contributed by atoms with Gasteiger partial charge in [0, 0.05) is 11.2 Å². The summed E-state index contributed by atoms with van der Waals surface area (Å²) < 4.78 is 17.0. The first kappa shape index (κ1) is 19.8. The molecule has 30 heavy (non-hydrogen) atoms. The van der Waals surface area contributed by atoms with Gasteiger partial charge in [0.05, 0.1) is 16.8 Å². The van der Waals surface area contributed by atoms with Crippen LogP contribution in [0.5, 0.6) is 0 Å². The van der Waals surface area contributed by atoms with Crippen molar-refractivity contribution in [2.45, 2.75) is 19.9 Å². The fourth-order valence-corrected chi connectivity index (χ4v) is 3.47. The average molecular weight is 425 g/mol. The van der Waals surface area contributed by atoms with Gasteiger partial charge in [-0.2, -0.15) is 0 Å². The van der Waals surface area contributed by atoms with E-state index in [1.807, 2.05) is 25.1 Å². The van der Waals surface area contributed by atoms with Gasteiger partial charge in [-0.1, -0.05) is 30.7 Å². The number of rotatable bonds is 5. The van der Waals surface area contributed by atoms with Crippen LogP contribution in [0.1, 0.15) is 12.5 Å². The molecule has 0 unspecified atom stereocenters. The number of pyridine rings is 1. The van der Waals surface area contributed by atoms with Crippen molar-refractivity contribution in [2.24, 2.45) is 0 Å². The molecule has 152 valence electrons. The van der Waals surface area contributed by atoms with Crippen LogP contribution >= 0.6 is 11.6 Å². The molecule has 6 nitrogen and oxygen atoms in total. The van der Waals surface area contributed by atoms with Crippen LogP contribution in [0.25, 0.3) is 16.7 Å². The summed E-state index contributed by atoms with van der Waals surface area (Å²) >= 11 is 5.76. The largest absolute Gasteiger partial charge is 0.322 e. The van der Waals surface area contributed by atoms with E-state index in [1.165, 1.54) is 21.5 Å². The Morgan fingerprint density at radius 1 is 1.17 bits per heavy atom. The zero-order valence-electron chi connectivity index (χ0n) is 16.1. The summed E-state index contributed by atoms with van der Waals surface area (Å²) in [6, 6.07) is 14.9. The molecule has 0 aliphatic carbocycles. The third-order valence-electron chi connectivity index (χ3n) is 4.76. The van der Waals surface area contributed by atoms with Gasteiger partial charge in [0.1, 0.15) is 12.4 Å². The van der Waals surface area contributed by atoms with Crippen molar-refractivity contribution in [3.8, 4) is 5.69 Å². The number of nitrogens with one attached hydrogen (secondary N) is 1. The highest BCUT2D eigenvalue weighted by Crippen LogP contribution is 2.20.